The van der Waals surface area contributed by atoms with Crippen LogP contribution in [0.25, 0.3) is 6.08 Å². The maximum atomic E-state index is 11.5. The van der Waals surface area contributed by atoms with Gasteiger partial charge in [-0.15, -0.1) is 0 Å². The maximum Gasteiger partial charge on any atom is 0.139 e. The van der Waals surface area contributed by atoms with E-state index in [-0.39, 0.29) is 5.41 Å². The van der Waals surface area contributed by atoms with Crippen LogP contribution < -0.4 is 0 Å². The minimum absolute atomic E-state index is 0.115. The summed E-state index contributed by atoms with van der Waals surface area (Å²) in [7, 11) is 0. The third-order valence-electron chi connectivity index (χ3n) is 3.36. The lowest BCUT2D eigenvalue weighted by Crippen LogP contribution is -2.12. The molecule has 1 heteroatoms. The fraction of sp³-hybridized carbons (Fsp3) is 0.357. The highest BCUT2D eigenvalue weighted by Gasteiger charge is 2.48. The summed E-state index contributed by atoms with van der Waals surface area (Å²) in [6, 6.07) is 10.2. The number of Topliss-reactive ketones (excluding diaryl/α,β-unsaturated/α-hetero) is 1. The van der Waals surface area contributed by atoms with E-state index in [1.54, 1.807) is 6.92 Å². The standard InChI is InChI=1S/C14H16O/c1-11(14(8-9-14)12(2)15)10-13-6-4-3-5-7-13/h3-7,10H,8-9H2,1-2H3/b11-10+. The second kappa shape index (κ2) is 3.65. The van der Waals surface area contributed by atoms with Gasteiger partial charge < -0.3 is 0 Å². The van der Waals surface area contributed by atoms with Crippen molar-refractivity contribution < 1.29 is 4.79 Å². The molecule has 0 aliphatic heterocycles. The average molecular weight is 200 g/mol. The number of benzene rings is 1. The second-order valence-corrected chi connectivity index (χ2v) is 4.38. The van der Waals surface area contributed by atoms with Gasteiger partial charge in [-0.05, 0) is 32.3 Å². The number of carbonyl (C=O) groups is 1. The number of allylic oxidation sites excluding steroid dienone is 1. The molecule has 1 aromatic rings. The highest BCUT2D eigenvalue weighted by atomic mass is 16.1. The Morgan fingerprint density at radius 3 is 2.27 bits per heavy atom. The van der Waals surface area contributed by atoms with Crippen LogP contribution in [0.15, 0.2) is 35.9 Å². The molecule has 1 nitrogen and oxygen atoms in total. The number of hydrogen-bond donors (Lipinski definition) is 0. The van der Waals surface area contributed by atoms with Crippen LogP contribution in [-0.4, -0.2) is 5.78 Å². The fourth-order valence-electron chi connectivity index (χ4n) is 2.09. The summed E-state index contributed by atoms with van der Waals surface area (Å²) in [5.41, 5.74) is 2.28. The van der Waals surface area contributed by atoms with Crippen molar-refractivity contribution in [2.24, 2.45) is 5.41 Å². The zero-order valence-electron chi connectivity index (χ0n) is 9.29. The van der Waals surface area contributed by atoms with Gasteiger partial charge in [-0.25, -0.2) is 0 Å². The minimum Gasteiger partial charge on any atom is -0.299 e. The molecule has 0 amide bonds. The van der Waals surface area contributed by atoms with Gasteiger partial charge in [-0.1, -0.05) is 42.0 Å². The molecular weight excluding hydrogens is 184 g/mol. The molecule has 0 spiro atoms. The van der Waals surface area contributed by atoms with Gasteiger partial charge in [0.15, 0.2) is 0 Å². The van der Waals surface area contributed by atoms with E-state index >= 15 is 0 Å². The van der Waals surface area contributed by atoms with Gasteiger partial charge >= 0.3 is 0 Å². The smallest absolute Gasteiger partial charge is 0.139 e. The van der Waals surface area contributed by atoms with E-state index < -0.39 is 0 Å². The van der Waals surface area contributed by atoms with Crippen LogP contribution in [0.3, 0.4) is 0 Å². The first kappa shape index (κ1) is 10.2. The molecule has 1 saturated carbocycles. The molecule has 0 heterocycles. The number of carbonyl (C=O) groups excluding carboxylic acids is 1. The van der Waals surface area contributed by atoms with Gasteiger partial charge in [0.1, 0.15) is 5.78 Å². The largest absolute Gasteiger partial charge is 0.299 e. The summed E-state index contributed by atoms with van der Waals surface area (Å²) in [5, 5.41) is 0. The van der Waals surface area contributed by atoms with Crippen molar-refractivity contribution in [2.75, 3.05) is 0 Å². The van der Waals surface area contributed by atoms with Crippen molar-refractivity contribution in [1.82, 2.24) is 0 Å². The van der Waals surface area contributed by atoms with Crippen LogP contribution in [0.5, 0.6) is 0 Å². The van der Waals surface area contributed by atoms with E-state index in [9.17, 15) is 4.79 Å². The molecule has 15 heavy (non-hydrogen) atoms. The molecule has 1 fully saturated rings. The lowest BCUT2D eigenvalue weighted by molar-refractivity contribution is -0.120. The molecule has 78 valence electrons. The lowest BCUT2D eigenvalue weighted by atomic mass is 9.91. The van der Waals surface area contributed by atoms with Gasteiger partial charge in [0, 0.05) is 5.41 Å². The summed E-state index contributed by atoms with van der Waals surface area (Å²) in [5.74, 6) is 0.312. The Morgan fingerprint density at radius 2 is 1.80 bits per heavy atom. The summed E-state index contributed by atoms with van der Waals surface area (Å²) >= 11 is 0. The maximum absolute atomic E-state index is 11.5. The predicted molar refractivity (Wildman–Crippen MR) is 62.4 cm³/mol. The van der Waals surface area contributed by atoms with Gasteiger partial charge in [0.2, 0.25) is 0 Å². The van der Waals surface area contributed by atoms with Gasteiger partial charge in [-0.2, -0.15) is 0 Å². The molecule has 0 N–H and O–H groups in total. The Balaban J connectivity index is 2.25. The highest BCUT2D eigenvalue weighted by Crippen LogP contribution is 2.52. The Bertz CT molecular complexity index is 397. The highest BCUT2D eigenvalue weighted by molar-refractivity contribution is 5.89. The number of rotatable bonds is 3. The van der Waals surface area contributed by atoms with Crippen molar-refractivity contribution in [3.8, 4) is 0 Å². The van der Waals surface area contributed by atoms with Crippen molar-refractivity contribution in [1.29, 1.82) is 0 Å². The van der Waals surface area contributed by atoms with E-state index in [1.165, 1.54) is 11.1 Å². The van der Waals surface area contributed by atoms with Crippen LogP contribution >= 0.6 is 0 Å². The Morgan fingerprint density at radius 1 is 1.20 bits per heavy atom. The molecule has 2 rings (SSSR count). The van der Waals surface area contributed by atoms with Crippen molar-refractivity contribution >= 4 is 11.9 Å². The molecule has 0 unspecified atom stereocenters. The van der Waals surface area contributed by atoms with E-state index in [1.807, 2.05) is 18.2 Å². The van der Waals surface area contributed by atoms with Gasteiger partial charge in [-0.3, -0.25) is 4.79 Å². The van der Waals surface area contributed by atoms with Crippen LogP contribution in [0.1, 0.15) is 32.3 Å². The Labute approximate surface area is 90.8 Å². The number of hydrogen-bond acceptors (Lipinski definition) is 1. The van der Waals surface area contributed by atoms with Crippen LogP contribution in [0.4, 0.5) is 0 Å². The third kappa shape index (κ3) is 1.87. The van der Waals surface area contributed by atoms with Crippen LogP contribution in [-0.2, 0) is 4.79 Å². The van der Waals surface area contributed by atoms with Gasteiger partial charge in [0.05, 0.1) is 0 Å². The van der Waals surface area contributed by atoms with Crippen molar-refractivity contribution in [3.05, 3.63) is 41.5 Å². The topological polar surface area (TPSA) is 17.1 Å². The molecule has 1 aliphatic carbocycles. The first-order valence-electron chi connectivity index (χ1n) is 5.40. The van der Waals surface area contributed by atoms with E-state index in [2.05, 4.69) is 25.1 Å². The molecule has 0 atom stereocenters. The van der Waals surface area contributed by atoms with Crippen molar-refractivity contribution in [2.45, 2.75) is 26.7 Å². The monoisotopic (exact) mass is 200 g/mol. The minimum atomic E-state index is -0.115. The SMILES string of the molecule is CC(=O)C1(/C(C)=C/c2ccccc2)CC1. The zero-order valence-corrected chi connectivity index (χ0v) is 9.29. The Hall–Kier alpha value is -1.37. The Kier molecular flexibility index (Phi) is 2.47. The molecule has 0 bridgehead atoms. The quantitative estimate of drug-likeness (QED) is 0.730. The normalized spacial score (nSPS) is 18.7. The molecule has 1 aromatic carbocycles. The second-order valence-electron chi connectivity index (χ2n) is 4.38. The molecule has 0 radical (unpaired) electrons. The first-order valence-corrected chi connectivity index (χ1v) is 5.40. The van der Waals surface area contributed by atoms with E-state index in [4.69, 9.17) is 0 Å². The summed E-state index contributed by atoms with van der Waals surface area (Å²) < 4.78 is 0. The fourth-order valence-corrected chi connectivity index (χ4v) is 2.09. The average Bonchev–Trinajstić information content (AvgIpc) is 2.99. The molecule has 0 saturated heterocycles. The van der Waals surface area contributed by atoms with Crippen LogP contribution in [0.2, 0.25) is 0 Å². The van der Waals surface area contributed by atoms with Crippen molar-refractivity contribution in [3.63, 3.8) is 0 Å². The lowest BCUT2D eigenvalue weighted by Gasteiger charge is -2.11. The van der Waals surface area contributed by atoms with Crippen LogP contribution in [0, 0.1) is 5.41 Å². The van der Waals surface area contributed by atoms with Gasteiger partial charge in [0.25, 0.3) is 0 Å². The first-order chi connectivity index (χ1) is 7.15. The predicted octanol–water partition coefficient (Wildman–Crippen LogP) is 3.46. The summed E-state index contributed by atoms with van der Waals surface area (Å²) in [6.45, 7) is 3.77. The molecule has 0 aromatic heterocycles. The summed E-state index contributed by atoms with van der Waals surface area (Å²) in [6.07, 6.45) is 4.18. The summed E-state index contributed by atoms with van der Waals surface area (Å²) in [4.78, 5) is 11.5. The number of ketones is 1. The van der Waals surface area contributed by atoms with E-state index in [0.29, 0.717) is 5.78 Å². The third-order valence-corrected chi connectivity index (χ3v) is 3.36. The zero-order chi connectivity index (χ0) is 10.9. The molecule has 1 aliphatic rings. The van der Waals surface area contributed by atoms with E-state index in [0.717, 1.165) is 12.8 Å². The molecular formula is C14H16O.